The number of para-hydroxylation sites is 1. The molecule has 1 atom stereocenters. The first kappa shape index (κ1) is 17.9. The van der Waals surface area contributed by atoms with Gasteiger partial charge in [-0.05, 0) is 31.2 Å². The van der Waals surface area contributed by atoms with Crippen molar-refractivity contribution in [2.24, 2.45) is 5.73 Å². The molecule has 2 aromatic heterocycles. The molecule has 0 aliphatic rings. The molecule has 1 amide bonds. The van der Waals surface area contributed by atoms with Gasteiger partial charge in [0.05, 0.1) is 11.2 Å². The molecule has 4 aromatic rings. The Morgan fingerprint density at radius 1 is 1.25 bits per heavy atom. The maximum Gasteiger partial charge on any atom is 0.269 e. The average Bonchev–Trinajstić information content (AvgIpc) is 3.35. The van der Waals surface area contributed by atoms with Crippen molar-refractivity contribution in [1.29, 1.82) is 0 Å². The van der Waals surface area contributed by atoms with E-state index in [0.29, 0.717) is 16.0 Å². The van der Waals surface area contributed by atoms with Crippen LogP contribution >= 0.6 is 11.3 Å². The second-order valence-electron chi connectivity index (χ2n) is 6.35. The highest BCUT2D eigenvalue weighted by Crippen LogP contribution is 2.23. The highest BCUT2D eigenvalue weighted by molar-refractivity contribution is 7.09. The molecule has 2 heterocycles. The van der Waals surface area contributed by atoms with Crippen molar-refractivity contribution in [2.45, 2.75) is 12.5 Å². The average molecular weight is 388 g/mol. The SMILES string of the molecule is C[C@](O)(C#Cc1cccc(-n2nc(C(N)=O)c3ccccc32)c1)c1nccs1. The number of thiazole rings is 1. The number of amides is 1. The lowest BCUT2D eigenvalue weighted by Gasteiger charge is -2.12. The standard InChI is InChI=1S/C21H16N4O2S/c1-21(27,20-23-11-12-28-20)10-9-14-5-4-6-15(13-14)25-17-8-3-2-7-16(17)18(24-25)19(22)26/h2-8,11-13,27H,1H3,(H2,22,26)/t21-/m0/s1. The molecule has 0 radical (unpaired) electrons. The van der Waals surface area contributed by atoms with E-state index in [0.717, 1.165) is 11.2 Å². The van der Waals surface area contributed by atoms with Gasteiger partial charge in [0, 0.05) is 22.5 Å². The molecule has 0 unspecified atom stereocenters. The van der Waals surface area contributed by atoms with Crippen molar-refractivity contribution in [2.75, 3.05) is 0 Å². The third-order valence-corrected chi connectivity index (χ3v) is 5.19. The molecule has 6 nitrogen and oxygen atoms in total. The maximum absolute atomic E-state index is 11.7. The zero-order chi connectivity index (χ0) is 19.7. The van der Waals surface area contributed by atoms with Crippen molar-refractivity contribution in [3.05, 3.63) is 76.4 Å². The minimum absolute atomic E-state index is 0.221. The van der Waals surface area contributed by atoms with Crippen molar-refractivity contribution >= 4 is 28.1 Å². The van der Waals surface area contributed by atoms with Gasteiger partial charge in [0.1, 0.15) is 5.01 Å². The third-order valence-electron chi connectivity index (χ3n) is 4.21. The maximum atomic E-state index is 11.7. The van der Waals surface area contributed by atoms with Crippen LogP contribution in [0, 0.1) is 11.8 Å². The van der Waals surface area contributed by atoms with Crippen molar-refractivity contribution in [3.63, 3.8) is 0 Å². The van der Waals surface area contributed by atoms with Gasteiger partial charge >= 0.3 is 0 Å². The van der Waals surface area contributed by atoms with Gasteiger partial charge in [0.2, 0.25) is 0 Å². The Bertz CT molecular complexity index is 1230. The number of hydrogen-bond donors (Lipinski definition) is 2. The summed E-state index contributed by atoms with van der Waals surface area (Å²) in [6.45, 7) is 1.61. The monoisotopic (exact) mass is 388 g/mol. The van der Waals surface area contributed by atoms with Crippen molar-refractivity contribution in [3.8, 4) is 17.5 Å². The van der Waals surface area contributed by atoms with Crippen molar-refractivity contribution in [1.82, 2.24) is 14.8 Å². The van der Waals surface area contributed by atoms with Crippen LogP contribution in [0.25, 0.3) is 16.6 Å². The Balaban J connectivity index is 1.76. The van der Waals surface area contributed by atoms with E-state index in [1.165, 1.54) is 11.3 Å². The highest BCUT2D eigenvalue weighted by Gasteiger charge is 2.22. The second-order valence-corrected chi connectivity index (χ2v) is 7.25. The topological polar surface area (TPSA) is 94.0 Å². The van der Waals surface area contributed by atoms with Crippen LogP contribution in [-0.4, -0.2) is 25.8 Å². The molecule has 0 saturated carbocycles. The predicted octanol–water partition coefficient (Wildman–Crippen LogP) is 2.84. The number of fused-ring (bicyclic) bond motifs is 1. The summed E-state index contributed by atoms with van der Waals surface area (Å²) in [6.07, 6.45) is 1.63. The van der Waals surface area contributed by atoms with Gasteiger partial charge in [-0.25, -0.2) is 9.67 Å². The summed E-state index contributed by atoms with van der Waals surface area (Å²) >= 11 is 1.35. The predicted molar refractivity (Wildman–Crippen MR) is 108 cm³/mol. The molecule has 0 spiro atoms. The van der Waals surface area contributed by atoms with Crippen LogP contribution in [0.2, 0.25) is 0 Å². The fourth-order valence-electron chi connectivity index (χ4n) is 2.87. The quantitative estimate of drug-likeness (QED) is 0.528. The van der Waals surface area contributed by atoms with Gasteiger partial charge in [-0.15, -0.1) is 11.3 Å². The van der Waals surface area contributed by atoms with E-state index < -0.39 is 11.5 Å². The largest absolute Gasteiger partial charge is 0.371 e. The minimum Gasteiger partial charge on any atom is -0.371 e. The summed E-state index contributed by atoms with van der Waals surface area (Å²) in [5.74, 6) is 5.28. The molecule has 0 bridgehead atoms. The Kier molecular flexibility index (Phi) is 4.43. The summed E-state index contributed by atoms with van der Waals surface area (Å²) in [5, 5.41) is 18.0. The van der Waals surface area contributed by atoms with E-state index in [9.17, 15) is 9.90 Å². The van der Waals surface area contributed by atoms with Crippen LogP contribution in [-0.2, 0) is 5.60 Å². The van der Waals surface area contributed by atoms with Crippen LogP contribution in [0.5, 0.6) is 0 Å². The lowest BCUT2D eigenvalue weighted by Crippen LogP contribution is -2.17. The Morgan fingerprint density at radius 2 is 2.07 bits per heavy atom. The zero-order valence-electron chi connectivity index (χ0n) is 15.0. The number of aromatic nitrogens is 3. The molecule has 4 rings (SSSR count). The van der Waals surface area contributed by atoms with Gasteiger partial charge in [-0.1, -0.05) is 36.1 Å². The summed E-state index contributed by atoms with van der Waals surface area (Å²) in [4.78, 5) is 15.9. The van der Waals surface area contributed by atoms with E-state index in [2.05, 4.69) is 21.9 Å². The van der Waals surface area contributed by atoms with Gasteiger partial charge in [-0.2, -0.15) is 5.10 Å². The summed E-state index contributed by atoms with van der Waals surface area (Å²) in [5.41, 5.74) is 6.58. The molecule has 138 valence electrons. The van der Waals surface area contributed by atoms with Gasteiger partial charge < -0.3 is 10.8 Å². The molecule has 0 aliphatic carbocycles. The van der Waals surface area contributed by atoms with Gasteiger partial charge in [0.25, 0.3) is 5.91 Å². The number of nitrogens with two attached hydrogens (primary N) is 1. The lowest BCUT2D eigenvalue weighted by atomic mass is 10.1. The summed E-state index contributed by atoms with van der Waals surface area (Å²) in [7, 11) is 0. The molecule has 28 heavy (non-hydrogen) atoms. The minimum atomic E-state index is -1.33. The van der Waals surface area contributed by atoms with E-state index in [1.54, 1.807) is 23.2 Å². The van der Waals surface area contributed by atoms with E-state index in [4.69, 9.17) is 5.73 Å². The number of aliphatic hydroxyl groups is 1. The lowest BCUT2D eigenvalue weighted by molar-refractivity contribution is 0.0996. The molecule has 7 heteroatoms. The fraction of sp³-hybridized carbons (Fsp3) is 0.0952. The number of benzene rings is 2. The number of carbonyl (C=O) groups is 1. The van der Waals surface area contributed by atoms with Crippen molar-refractivity contribution < 1.29 is 9.90 Å². The first-order chi connectivity index (χ1) is 13.5. The molecule has 2 aromatic carbocycles. The van der Waals surface area contributed by atoms with Gasteiger partial charge in [0.15, 0.2) is 11.3 Å². The molecular weight excluding hydrogens is 372 g/mol. The number of nitrogens with zero attached hydrogens (tertiary/aromatic N) is 3. The van der Waals surface area contributed by atoms with E-state index in [-0.39, 0.29) is 5.69 Å². The molecular formula is C21H16N4O2S. The number of carbonyl (C=O) groups excluding carboxylic acids is 1. The summed E-state index contributed by atoms with van der Waals surface area (Å²) in [6, 6.07) is 14.8. The van der Waals surface area contributed by atoms with E-state index in [1.807, 2.05) is 48.5 Å². The third kappa shape index (κ3) is 3.27. The normalized spacial score (nSPS) is 12.9. The summed E-state index contributed by atoms with van der Waals surface area (Å²) < 4.78 is 1.67. The number of rotatable bonds is 3. The van der Waals surface area contributed by atoms with Crippen LogP contribution < -0.4 is 5.73 Å². The number of primary amides is 1. The van der Waals surface area contributed by atoms with Crippen LogP contribution in [0.15, 0.2) is 60.1 Å². The Labute approximate surface area is 165 Å². The molecule has 3 N–H and O–H groups in total. The Hall–Kier alpha value is -3.47. The fourth-order valence-corrected chi connectivity index (χ4v) is 3.52. The first-order valence-corrected chi connectivity index (χ1v) is 9.37. The number of hydrogen-bond acceptors (Lipinski definition) is 5. The zero-order valence-corrected chi connectivity index (χ0v) is 15.8. The van der Waals surface area contributed by atoms with Gasteiger partial charge in [-0.3, -0.25) is 4.79 Å². The van der Waals surface area contributed by atoms with Crippen LogP contribution in [0.3, 0.4) is 0 Å². The Morgan fingerprint density at radius 3 is 2.82 bits per heavy atom. The molecule has 0 saturated heterocycles. The highest BCUT2D eigenvalue weighted by atomic mass is 32.1. The second kappa shape index (κ2) is 6.93. The molecule has 0 fully saturated rings. The molecule has 0 aliphatic heterocycles. The smallest absolute Gasteiger partial charge is 0.269 e. The van der Waals surface area contributed by atoms with E-state index >= 15 is 0 Å². The van der Waals surface area contributed by atoms with Crippen LogP contribution in [0.4, 0.5) is 0 Å². The first-order valence-electron chi connectivity index (χ1n) is 8.49. The van der Waals surface area contributed by atoms with Crippen LogP contribution in [0.1, 0.15) is 28.0 Å².